The zero-order valence-corrected chi connectivity index (χ0v) is 19.6. The third-order valence-electron chi connectivity index (χ3n) is 5.96. The summed E-state index contributed by atoms with van der Waals surface area (Å²) in [5.74, 6) is 3.51. The summed E-state index contributed by atoms with van der Waals surface area (Å²) in [7, 11) is 0. The summed E-state index contributed by atoms with van der Waals surface area (Å²) in [6.45, 7) is 0.798. The first-order valence-electron chi connectivity index (χ1n) is 11.5. The van der Waals surface area contributed by atoms with E-state index in [0.29, 0.717) is 36.4 Å². The number of carbonyl (C=O) groups excluding carboxylic acids is 2. The minimum atomic E-state index is -1.07. The maximum Gasteiger partial charge on any atom is 0.305 e. The number of carboxylic acids is 1. The van der Waals surface area contributed by atoms with Gasteiger partial charge in [0.25, 0.3) is 5.91 Å². The molecule has 0 spiro atoms. The van der Waals surface area contributed by atoms with E-state index >= 15 is 0 Å². The van der Waals surface area contributed by atoms with Gasteiger partial charge in [-0.2, -0.15) is 5.10 Å². The fourth-order valence-corrected chi connectivity index (χ4v) is 4.10. The van der Waals surface area contributed by atoms with Gasteiger partial charge in [0.2, 0.25) is 5.91 Å². The lowest BCUT2D eigenvalue weighted by atomic mass is 10.1. The molecule has 3 aromatic carbocycles. The monoisotopic (exact) mass is 485 g/mol. The van der Waals surface area contributed by atoms with Crippen molar-refractivity contribution in [3.8, 4) is 0 Å². The molecule has 0 bridgehead atoms. The summed E-state index contributed by atoms with van der Waals surface area (Å²) in [6.07, 6.45) is 1.79. The Hall–Kier alpha value is -4.66. The molecule has 1 aliphatic heterocycles. The molecular weight excluding hydrogens is 458 g/mol. The minimum absolute atomic E-state index is 0.267. The number of nitrogens with two attached hydrogens (primary N) is 1. The van der Waals surface area contributed by atoms with E-state index in [2.05, 4.69) is 15.7 Å². The maximum atomic E-state index is 13.2. The quantitative estimate of drug-likeness (QED) is 0.220. The first-order valence-corrected chi connectivity index (χ1v) is 11.5. The molecule has 4 rings (SSSR count). The number of amides is 2. The lowest BCUT2D eigenvalue weighted by Crippen LogP contribution is -2.42. The van der Waals surface area contributed by atoms with Crippen molar-refractivity contribution >= 4 is 35.4 Å². The fraction of sp³-hybridized carbons (Fsp3) is 0.185. The Morgan fingerprint density at radius 3 is 2.56 bits per heavy atom. The highest BCUT2D eigenvalue weighted by Crippen LogP contribution is 2.28. The Kier molecular flexibility index (Phi) is 7.60. The van der Waals surface area contributed by atoms with Gasteiger partial charge >= 0.3 is 5.97 Å². The third-order valence-corrected chi connectivity index (χ3v) is 5.96. The molecule has 0 aliphatic carbocycles. The van der Waals surface area contributed by atoms with E-state index in [4.69, 9.17) is 5.84 Å². The Morgan fingerprint density at radius 2 is 1.86 bits per heavy atom. The van der Waals surface area contributed by atoms with E-state index in [1.54, 1.807) is 41.3 Å². The summed E-state index contributed by atoms with van der Waals surface area (Å²) in [6, 6.07) is 21.0. The summed E-state index contributed by atoms with van der Waals surface area (Å²) in [5.41, 5.74) is 4.31. The lowest BCUT2D eigenvalue weighted by Gasteiger charge is -2.24. The second kappa shape index (κ2) is 11.2. The molecule has 9 nitrogen and oxygen atoms in total. The van der Waals surface area contributed by atoms with Crippen molar-refractivity contribution in [2.45, 2.75) is 25.4 Å². The van der Waals surface area contributed by atoms with Crippen molar-refractivity contribution in [1.29, 1.82) is 0 Å². The predicted octanol–water partition coefficient (Wildman–Crippen LogP) is 3.07. The van der Waals surface area contributed by atoms with Crippen molar-refractivity contribution in [3.63, 3.8) is 0 Å². The van der Waals surface area contributed by atoms with E-state index in [1.807, 2.05) is 36.4 Å². The van der Waals surface area contributed by atoms with Crippen LogP contribution < -0.4 is 16.5 Å². The number of anilines is 2. The highest BCUT2D eigenvalue weighted by molar-refractivity contribution is 6.05. The zero-order chi connectivity index (χ0) is 25.5. The van der Waals surface area contributed by atoms with Gasteiger partial charge in [-0.25, -0.2) is 0 Å². The molecule has 1 unspecified atom stereocenters. The van der Waals surface area contributed by atoms with Crippen LogP contribution >= 0.6 is 0 Å². The summed E-state index contributed by atoms with van der Waals surface area (Å²) in [5, 5.41) is 18.8. The normalized spacial score (nSPS) is 15.2. The number of rotatable bonds is 8. The van der Waals surface area contributed by atoms with Crippen LogP contribution in [0.4, 0.5) is 11.4 Å². The highest BCUT2D eigenvalue weighted by atomic mass is 16.4. The molecule has 1 atom stereocenters. The van der Waals surface area contributed by atoms with Gasteiger partial charge in [-0.1, -0.05) is 48.5 Å². The Labute approximate surface area is 208 Å². The van der Waals surface area contributed by atoms with E-state index in [9.17, 15) is 19.5 Å². The van der Waals surface area contributed by atoms with Crippen LogP contribution in [-0.4, -0.2) is 46.6 Å². The molecule has 0 radical (unpaired) electrons. The molecule has 0 fully saturated rings. The number of nitrogens with zero attached hydrogens (tertiary/aromatic N) is 2. The standard InChI is InChI=1S/C27H27N5O4/c28-29-16-19-6-8-20(9-7-19)26(35)30-22-11-10-21-17-32(13-12-18-4-2-1-3-5-18)27(36)24(15-25(33)34)31-23(21)14-22/h1-11,14,16,24,31H,12-13,15,17,28H2,(H,30,35)(H,33,34). The van der Waals surface area contributed by atoms with Crippen LogP contribution in [-0.2, 0) is 22.6 Å². The SMILES string of the molecule is NN=Cc1ccc(C(=O)Nc2ccc3c(c2)NC(CC(=O)O)C(=O)N(CCc2ccccc2)C3)cc1. The number of carbonyl (C=O) groups is 3. The molecule has 0 saturated heterocycles. The number of aliphatic carboxylic acids is 1. The van der Waals surface area contributed by atoms with Gasteiger partial charge in [-0.3, -0.25) is 14.4 Å². The van der Waals surface area contributed by atoms with Gasteiger partial charge in [-0.15, -0.1) is 0 Å². The van der Waals surface area contributed by atoms with Crippen molar-refractivity contribution in [2.24, 2.45) is 10.9 Å². The van der Waals surface area contributed by atoms with E-state index in [1.165, 1.54) is 6.21 Å². The van der Waals surface area contributed by atoms with E-state index in [-0.39, 0.29) is 18.2 Å². The Bertz CT molecular complexity index is 1280. The van der Waals surface area contributed by atoms with Gasteiger partial charge in [0, 0.05) is 30.0 Å². The minimum Gasteiger partial charge on any atom is -0.481 e. The van der Waals surface area contributed by atoms with Gasteiger partial charge in [0.15, 0.2) is 0 Å². The molecule has 2 amide bonds. The fourth-order valence-electron chi connectivity index (χ4n) is 4.10. The molecule has 184 valence electrons. The second-order valence-electron chi connectivity index (χ2n) is 8.52. The summed E-state index contributed by atoms with van der Waals surface area (Å²) >= 11 is 0. The number of hydrogen-bond donors (Lipinski definition) is 4. The number of benzene rings is 3. The maximum absolute atomic E-state index is 13.2. The van der Waals surface area contributed by atoms with Crippen LogP contribution in [0.15, 0.2) is 77.9 Å². The zero-order valence-electron chi connectivity index (χ0n) is 19.6. The van der Waals surface area contributed by atoms with Crippen molar-refractivity contribution < 1.29 is 19.5 Å². The van der Waals surface area contributed by atoms with Crippen molar-refractivity contribution in [3.05, 3.63) is 95.1 Å². The largest absolute Gasteiger partial charge is 0.481 e. The number of fused-ring (bicyclic) bond motifs is 1. The predicted molar refractivity (Wildman–Crippen MR) is 138 cm³/mol. The number of nitrogens with one attached hydrogen (secondary N) is 2. The van der Waals surface area contributed by atoms with Crippen LogP contribution in [0.1, 0.15) is 33.5 Å². The van der Waals surface area contributed by atoms with Crippen LogP contribution in [0.3, 0.4) is 0 Å². The Balaban J connectivity index is 1.53. The van der Waals surface area contributed by atoms with Crippen LogP contribution in [0.5, 0.6) is 0 Å². The molecule has 0 aromatic heterocycles. The molecule has 36 heavy (non-hydrogen) atoms. The van der Waals surface area contributed by atoms with E-state index < -0.39 is 12.0 Å². The van der Waals surface area contributed by atoms with Crippen molar-refractivity contribution in [2.75, 3.05) is 17.2 Å². The lowest BCUT2D eigenvalue weighted by molar-refractivity contribution is -0.141. The second-order valence-corrected chi connectivity index (χ2v) is 8.52. The molecular formula is C27H27N5O4. The molecule has 3 aromatic rings. The third kappa shape index (κ3) is 6.06. The van der Waals surface area contributed by atoms with Crippen molar-refractivity contribution in [1.82, 2.24) is 4.90 Å². The highest BCUT2D eigenvalue weighted by Gasteiger charge is 2.31. The molecule has 1 aliphatic rings. The van der Waals surface area contributed by atoms with Gasteiger partial charge in [0.1, 0.15) is 6.04 Å². The van der Waals surface area contributed by atoms with E-state index in [0.717, 1.165) is 16.7 Å². The first kappa shape index (κ1) is 24.5. The molecule has 9 heteroatoms. The molecule has 5 N–H and O–H groups in total. The summed E-state index contributed by atoms with van der Waals surface area (Å²) < 4.78 is 0. The average Bonchev–Trinajstić information content (AvgIpc) is 2.99. The smallest absolute Gasteiger partial charge is 0.305 e. The van der Waals surface area contributed by atoms with Crippen LogP contribution in [0.2, 0.25) is 0 Å². The molecule has 1 heterocycles. The number of hydrazone groups is 1. The van der Waals surface area contributed by atoms with Crippen LogP contribution in [0.25, 0.3) is 0 Å². The molecule has 0 saturated carbocycles. The topological polar surface area (TPSA) is 137 Å². The van der Waals surface area contributed by atoms with Gasteiger partial charge in [-0.05, 0) is 47.4 Å². The van der Waals surface area contributed by atoms with Gasteiger partial charge < -0.3 is 26.5 Å². The van der Waals surface area contributed by atoms with Crippen LogP contribution in [0, 0.1) is 0 Å². The summed E-state index contributed by atoms with van der Waals surface area (Å²) in [4.78, 5) is 39.1. The first-order chi connectivity index (χ1) is 17.4. The average molecular weight is 486 g/mol. The number of carboxylic acid groups (broad SMARTS) is 1. The van der Waals surface area contributed by atoms with Gasteiger partial charge in [0.05, 0.1) is 12.6 Å². The Morgan fingerprint density at radius 1 is 1.11 bits per heavy atom. The number of hydrogen-bond acceptors (Lipinski definition) is 6.